The number of nitrogens with one attached hydrogen (secondary N) is 1. The molecule has 2 aromatic heterocycles. The number of nitriles is 1. The van der Waals surface area contributed by atoms with Gasteiger partial charge in [-0.15, -0.1) is 11.3 Å². The number of amides is 1. The van der Waals surface area contributed by atoms with Gasteiger partial charge in [0.25, 0.3) is 0 Å². The third kappa shape index (κ3) is 3.68. The quantitative estimate of drug-likeness (QED) is 0.599. The van der Waals surface area contributed by atoms with E-state index in [2.05, 4.69) is 23.5 Å². The molecule has 0 saturated heterocycles. The van der Waals surface area contributed by atoms with Crippen molar-refractivity contribution in [3.63, 3.8) is 0 Å². The number of hydrogen-bond donors (Lipinski definition) is 1. The van der Waals surface area contributed by atoms with Crippen molar-refractivity contribution in [1.29, 1.82) is 5.26 Å². The lowest BCUT2D eigenvalue weighted by atomic mass is 9.80. The molecule has 8 heteroatoms. The number of thiazole rings is 1. The van der Waals surface area contributed by atoms with Crippen LogP contribution in [-0.4, -0.2) is 22.2 Å². The molecule has 1 atom stereocenters. The smallest absolute Gasteiger partial charge is 0.217 e. The molecule has 0 spiro atoms. The van der Waals surface area contributed by atoms with Crippen LogP contribution in [0.2, 0.25) is 0 Å². The highest BCUT2D eigenvalue weighted by Crippen LogP contribution is 2.50. The van der Waals surface area contributed by atoms with E-state index >= 15 is 0 Å². The zero-order chi connectivity index (χ0) is 21.8. The molecule has 0 unspecified atom stereocenters. The van der Waals surface area contributed by atoms with Gasteiger partial charge in [0.15, 0.2) is 5.76 Å². The molecule has 5 rings (SSSR count). The average Bonchev–Trinajstić information content (AvgIpc) is 3.11. The Balaban J connectivity index is 1.26. The van der Waals surface area contributed by atoms with E-state index in [1.807, 2.05) is 25.1 Å². The minimum atomic E-state index is -0.210. The topological polar surface area (TPSA) is 101 Å². The second-order valence-corrected chi connectivity index (χ2v) is 9.96. The number of hydrogen-bond acceptors (Lipinski definition) is 7. The molecular formula is C23H24N4O3S. The summed E-state index contributed by atoms with van der Waals surface area (Å²) in [5.41, 5.74) is 2.54. The van der Waals surface area contributed by atoms with E-state index in [1.54, 1.807) is 11.3 Å². The van der Waals surface area contributed by atoms with Crippen molar-refractivity contribution in [3.05, 3.63) is 40.2 Å². The summed E-state index contributed by atoms with van der Waals surface area (Å²) in [4.78, 5) is 16.0. The third-order valence-corrected chi connectivity index (χ3v) is 7.74. The van der Waals surface area contributed by atoms with Gasteiger partial charge in [-0.05, 0) is 44.7 Å². The second-order valence-electron chi connectivity index (χ2n) is 8.96. The highest BCUT2D eigenvalue weighted by molar-refractivity contribution is 7.19. The SMILES string of the molecule is CC(=O)N[C@@H](C)c1cc(C2CC(Oc3ccc4nc(C5(C)CC5)sc4c3C#N)C2)no1. The summed E-state index contributed by atoms with van der Waals surface area (Å²) in [6.45, 7) is 5.58. The zero-order valence-electron chi connectivity index (χ0n) is 17.8. The number of benzene rings is 1. The van der Waals surface area contributed by atoms with E-state index in [1.165, 1.54) is 6.92 Å². The summed E-state index contributed by atoms with van der Waals surface area (Å²) in [6, 6.07) is 7.86. The molecule has 3 aromatic rings. The zero-order valence-corrected chi connectivity index (χ0v) is 18.6. The first-order valence-electron chi connectivity index (χ1n) is 10.6. The molecule has 2 fully saturated rings. The van der Waals surface area contributed by atoms with Gasteiger partial charge in [-0.25, -0.2) is 4.98 Å². The molecule has 1 aromatic carbocycles. The van der Waals surface area contributed by atoms with Crippen molar-refractivity contribution in [1.82, 2.24) is 15.5 Å². The first-order chi connectivity index (χ1) is 14.9. The van der Waals surface area contributed by atoms with Gasteiger partial charge in [-0.3, -0.25) is 4.79 Å². The molecule has 2 aliphatic rings. The Kier molecular flexibility index (Phi) is 4.74. The number of aromatic nitrogens is 2. The van der Waals surface area contributed by atoms with Crippen molar-refractivity contribution in [2.45, 2.75) is 69.9 Å². The van der Waals surface area contributed by atoms with Crippen LogP contribution in [-0.2, 0) is 10.2 Å². The Bertz CT molecular complexity index is 1200. The maximum atomic E-state index is 11.2. The van der Waals surface area contributed by atoms with E-state index in [0.29, 0.717) is 17.1 Å². The van der Waals surface area contributed by atoms with Crippen molar-refractivity contribution in [3.8, 4) is 11.8 Å². The fourth-order valence-electron chi connectivity index (χ4n) is 4.00. The molecule has 31 heavy (non-hydrogen) atoms. The van der Waals surface area contributed by atoms with Crippen LogP contribution in [0.15, 0.2) is 22.7 Å². The van der Waals surface area contributed by atoms with Crippen molar-refractivity contribution in [2.24, 2.45) is 0 Å². The highest BCUT2D eigenvalue weighted by atomic mass is 32.1. The molecule has 1 amide bonds. The standard InChI is InChI=1S/C23H24N4O3S/c1-12(25-13(2)28)20-10-18(27-30-20)14-8-15(9-14)29-19-5-4-17-21(16(19)11-24)31-22(26-17)23(3)6-7-23/h4-5,10,12,14-15H,6-9H2,1-3H3,(H,25,28)/t12-,14?,15?/m0/s1. The van der Waals surface area contributed by atoms with Crippen LogP contribution in [0.3, 0.4) is 0 Å². The minimum absolute atomic E-state index is 0.0378. The number of ether oxygens (including phenoxy) is 1. The first kappa shape index (κ1) is 20.0. The number of fused-ring (bicyclic) bond motifs is 1. The van der Waals surface area contributed by atoms with Gasteiger partial charge in [0, 0.05) is 24.3 Å². The third-order valence-electron chi connectivity index (χ3n) is 6.35. The molecule has 2 aliphatic carbocycles. The lowest BCUT2D eigenvalue weighted by Gasteiger charge is -2.34. The van der Waals surface area contributed by atoms with Crippen molar-refractivity contribution >= 4 is 27.5 Å². The summed E-state index contributed by atoms with van der Waals surface area (Å²) in [5, 5.41) is 17.9. The van der Waals surface area contributed by atoms with Crippen LogP contribution >= 0.6 is 11.3 Å². The summed E-state index contributed by atoms with van der Waals surface area (Å²) < 4.78 is 12.5. The monoisotopic (exact) mass is 436 g/mol. The summed E-state index contributed by atoms with van der Waals surface area (Å²) in [5.74, 6) is 1.44. The lowest BCUT2D eigenvalue weighted by Crippen LogP contribution is -2.32. The van der Waals surface area contributed by atoms with Gasteiger partial charge in [0.05, 0.1) is 27.0 Å². The molecule has 2 heterocycles. The summed E-state index contributed by atoms with van der Waals surface area (Å²) >= 11 is 1.63. The number of carbonyl (C=O) groups excluding carboxylic acids is 1. The molecule has 0 aliphatic heterocycles. The summed E-state index contributed by atoms with van der Waals surface area (Å²) in [7, 11) is 0. The van der Waals surface area contributed by atoms with Gasteiger partial charge in [-0.2, -0.15) is 5.26 Å². The molecule has 160 valence electrons. The number of rotatable bonds is 6. The predicted octanol–water partition coefficient (Wildman–Crippen LogP) is 4.73. The minimum Gasteiger partial charge on any atom is -0.489 e. The fraction of sp³-hybridized carbons (Fsp3) is 0.478. The Morgan fingerprint density at radius 1 is 1.42 bits per heavy atom. The van der Waals surface area contributed by atoms with Gasteiger partial charge < -0.3 is 14.6 Å². The normalized spacial score (nSPS) is 22.4. The Labute approximate surface area is 184 Å². The fourth-order valence-corrected chi connectivity index (χ4v) is 5.25. The molecule has 0 radical (unpaired) electrons. The van der Waals surface area contributed by atoms with Gasteiger partial charge >= 0.3 is 0 Å². The average molecular weight is 437 g/mol. The van der Waals surface area contributed by atoms with Crippen molar-refractivity contribution in [2.75, 3.05) is 0 Å². The maximum Gasteiger partial charge on any atom is 0.217 e. The van der Waals surface area contributed by atoms with Gasteiger partial charge in [-0.1, -0.05) is 12.1 Å². The van der Waals surface area contributed by atoms with E-state index in [0.717, 1.165) is 46.6 Å². The maximum absolute atomic E-state index is 11.2. The largest absolute Gasteiger partial charge is 0.489 e. The van der Waals surface area contributed by atoms with Crippen LogP contribution in [0.25, 0.3) is 10.2 Å². The van der Waals surface area contributed by atoms with Gasteiger partial charge in [0.1, 0.15) is 23.5 Å². The Morgan fingerprint density at radius 3 is 2.87 bits per heavy atom. The Hall–Kier alpha value is -2.92. The molecule has 1 N–H and O–H groups in total. The Morgan fingerprint density at radius 2 is 2.19 bits per heavy atom. The van der Waals surface area contributed by atoms with Crippen LogP contribution in [0.5, 0.6) is 5.75 Å². The van der Waals surface area contributed by atoms with Crippen LogP contribution in [0.1, 0.15) is 80.4 Å². The van der Waals surface area contributed by atoms with E-state index in [-0.39, 0.29) is 29.4 Å². The highest BCUT2D eigenvalue weighted by Gasteiger charge is 2.42. The summed E-state index contributed by atoms with van der Waals surface area (Å²) in [6.07, 6.45) is 3.99. The van der Waals surface area contributed by atoms with E-state index in [9.17, 15) is 10.1 Å². The number of nitrogens with zero attached hydrogens (tertiary/aromatic N) is 3. The van der Waals surface area contributed by atoms with Crippen LogP contribution < -0.4 is 10.1 Å². The predicted molar refractivity (Wildman–Crippen MR) is 116 cm³/mol. The van der Waals surface area contributed by atoms with E-state index < -0.39 is 0 Å². The molecular weight excluding hydrogens is 412 g/mol. The lowest BCUT2D eigenvalue weighted by molar-refractivity contribution is -0.119. The first-order valence-corrected chi connectivity index (χ1v) is 11.4. The molecule has 0 bridgehead atoms. The second kappa shape index (κ2) is 7.34. The molecule has 7 nitrogen and oxygen atoms in total. The van der Waals surface area contributed by atoms with Crippen molar-refractivity contribution < 1.29 is 14.1 Å². The van der Waals surface area contributed by atoms with Gasteiger partial charge in [0.2, 0.25) is 5.91 Å². The van der Waals surface area contributed by atoms with Crippen LogP contribution in [0.4, 0.5) is 0 Å². The molecule has 2 saturated carbocycles. The van der Waals surface area contributed by atoms with Crippen LogP contribution in [0, 0.1) is 11.3 Å². The number of carbonyl (C=O) groups is 1. The van der Waals surface area contributed by atoms with E-state index in [4.69, 9.17) is 14.2 Å².